The standard InChI is InChI=1S/C13H16N4O2/c1-9-4-3-5-11(6-9)17-8-12(15-16-17)13(19)14-7-10(2)18/h3-6,8,10,18H,7H2,1-2H3,(H,14,19). The fourth-order valence-corrected chi connectivity index (χ4v) is 1.60. The number of nitrogens with zero attached hydrogens (tertiary/aromatic N) is 3. The van der Waals surface area contributed by atoms with E-state index in [1.165, 1.54) is 0 Å². The molecule has 1 heterocycles. The molecule has 6 nitrogen and oxygen atoms in total. The van der Waals surface area contributed by atoms with Gasteiger partial charge in [-0.05, 0) is 31.5 Å². The zero-order chi connectivity index (χ0) is 13.8. The Balaban J connectivity index is 2.13. The predicted octanol–water partition coefficient (Wildman–Crippen LogP) is 0.686. The first kappa shape index (κ1) is 13.2. The Morgan fingerprint density at radius 2 is 2.32 bits per heavy atom. The number of benzene rings is 1. The Hall–Kier alpha value is -2.21. The normalized spacial score (nSPS) is 12.2. The van der Waals surface area contributed by atoms with Gasteiger partial charge in [0, 0.05) is 6.54 Å². The van der Waals surface area contributed by atoms with Crippen LogP contribution in [0.2, 0.25) is 0 Å². The summed E-state index contributed by atoms with van der Waals surface area (Å²) in [5.74, 6) is -0.347. The van der Waals surface area contributed by atoms with Gasteiger partial charge < -0.3 is 10.4 Å². The van der Waals surface area contributed by atoms with E-state index in [9.17, 15) is 4.79 Å². The van der Waals surface area contributed by atoms with E-state index in [4.69, 9.17) is 5.11 Å². The molecular weight excluding hydrogens is 244 g/mol. The number of rotatable bonds is 4. The quantitative estimate of drug-likeness (QED) is 0.847. The molecule has 2 aromatic rings. The summed E-state index contributed by atoms with van der Waals surface area (Å²) in [6.07, 6.45) is 0.974. The lowest BCUT2D eigenvalue weighted by Crippen LogP contribution is -2.30. The van der Waals surface area contributed by atoms with Crippen LogP contribution >= 0.6 is 0 Å². The number of aliphatic hydroxyl groups is 1. The van der Waals surface area contributed by atoms with Crippen LogP contribution in [-0.2, 0) is 0 Å². The highest BCUT2D eigenvalue weighted by Crippen LogP contribution is 2.09. The molecule has 0 radical (unpaired) electrons. The fraction of sp³-hybridized carbons (Fsp3) is 0.308. The zero-order valence-electron chi connectivity index (χ0n) is 10.9. The third-order valence-corrected chi connectivity index (χ3v) is 2.55. The number of hydrogen-bond acceptors (Lipinski definition) is 4. The predicted molar refractivity (Wildman–Crippen MR) is 70.1 cm³/mol. The Morgan fingerprint density at radius 3 is 3.00 bits per heavy atom. The van der Waals surface area contributed by atoms with Gasteiger partial charge in [0.15, 0.2) is 5.69 Å². The monoisotopic (exact) mass is 260 g/mol. The van der Waals surface area contributed by atoms with Crippen LogP contribution < -0.4 is 5.32 Å². The van der Waals surface area contributed by atoms with E-state index in [2.05, 4.69) is 15.6 Å². The number of carbonyl (C=O) groups excluding carboxylic acids is 1. The topological polar surface area (TPSA) is 80.0 Å². The average Bonchev–Trinajstić information content (AvgIpc) is 2.85. The number of hydrogen-bond donors (Lipinski definition) is 2. The Labute approximate surface area is 111 Å². The van der Waals surface area contributed by atoms with Crippen LogP contribution in [0.1, 0.15) is 23.0 Å². The molecule has 6 heteroatoms. The third kappa shape index (κ3) is 3.38. The first-order valence-electron chi connectivity index (χ1n) is 6.02. The van der Waals surface area contributed by atoms with E-state index >= 15 is 0 Å². The maximum absolute atomic E-state index is 11.7. The Kier molecular flexibility index (Phi) is 3.91. The van der Waals surface area contributed by atoms with Crippen LogP contribution in [0.5, 0.6) is 0 Å². The molecule has 0 aliphatic rings. The highest BCUT2D eigenvalue weighted by molar-refractivity contribution is 5.91. The second-order valence-corrected chi connectivity index (χ2v) is 4.45. The minimum atomic E-state index is -0.587. The van der Waals surface area contributed by atoms with Gasteiger partial charge in [-0.25, -0.2) is 4.68 Å². The maximum atomic E-state index is 11.7. The second-order valence-electron chi connectivity index (χ2n) is 4.45. The van der Waals surface area contributed by atoms with Crippen molar-refractivity contribution in [3.8, 4) is 5.69 Å². The van der Waals surface area contributed by atoms with Crippen molar-refractivity contribution in [1.29, 1.82) is 0 Å². The first-order chi connectivity index (χ1) is 9.06. The molecule has 0 bridgehead atoms. The van der Waals surface area contributed by atoms with Crippen molar-refractivity contribution in [1.82, 2.24) is 20.3 Å². The molecular formula is C13H16N4O2. The number of amides is 1. The highest BCUT2D eigenvalue weighted by Gasteiger charge is 2.11. The summed E-state index contributed by atoms with van der Waals surface area (Å²) in [6.45, 7) is 3.77. The Morgan fingerprint density at radius 1 is 1.53 bits per heavy atom. The molecule has 0 saturated carbocycles. The lowest BCUT2D eigenvalue weighted by molar-refractivity contribution is 0.0919. The summed E-state index contributed by atoms with van der Waals surface area (Å²) in [5, 5.41) is 19.4. The van der Waals surface area contributed by atoms with Crippen molar-refractivity contribution < 1.29 is 9.90 Å². The van der Waals surface area contributed by atoms with Gasteiger partial charge in [0.05, 0.1) is 18.0 Å². The molecule has 0 fully saturated rings. The highest BCUT2D eigenvalue weighted by atomic mass is 16.3. The van der Waals surface area contributed by atoms with E-state index in [1.54, 1.807) is 17.8 Å². The van der Waals surface area contributed by atoms with Gasteiger partial charge in [0.1, 0.15) is 0 Å². The summed E-state index contributed by atoms with van der Waals surface area (Å²) in [6, 6.07) is 7.74. The SMILES string of the molecule is Cc1cccc(-n2cc(C(=O)NCC(C)O)nn2)c1. The summed E-state index contributed by atoms with van der Waals surface area (Å²) in [5.41, 5.74) is 2.18. The summed E-state index contributed by atoms with van der Waals surface area (Å²) < 4.78 is 1.55. The molecule has 0 aliphatic heterocycles. The van der Waals surface area contributed by atoms with Gasteiger partial charge in [0.2, 0.25) is 0 Å². The molecule has 2 N–H and O–H groups in total. The number of carbonyl (C=O) groups is 1. The molecule has 1 aromatic carbocycles. The molecule has 1 aromatic heterocycles. The van der Waals surface area contributed by atoms with Gasteiger partial charge in [0.25, 0.3) is 5.91 Å². The number of aromatic nitrogens is 3. The smallest absolute Gasteiger partial charge is 0.273 e. The molecule has 19 heavy (non-hydrogen) atoms. The summed E-state index contributed by atoms with van der Waals surface area (Å²) in [7, 11) is 0. The van der Waals surface area contributed by atoms with Crippen LogP contribution in [0, 0.1) is 6.92 Å². The van der Waals surface area contributed by atoms with Crippen molar-refractivity contribution in [2.24, 2.45) is 0 Å². The number of aryl methyl sites for hydroxylation is 1. The average molecular weight is 260 g/mol. The summed E-state index contributed by atoms with van der Waals surface area (Å²) >= 11 is 0. The van der Waals surface area contributed by atoms with Crippen LogP contribution in [0.25, 0.3) is 5.69 Å². The number of nitrogens with one attached hydrogen (secondary N) is 1. The lowest BCUT2D eigenvalue weighted by Gasteiger charge is -2.04. The van der Waals surface area contributed by atoms with E-state index < -0.39 is 6.10 Å². The van der Waals surface area contributed by atoms with Crippen molar-refractivity contribution in [2.75, 3.05) is 6.54 Å². The molecule has 0 aliphatic carbocycles. The molecule has 1 unspecified atom stereocenters. The van der Waals surface area contributed by atoms with Crippen LogP contribution in [0.4, 0.5) is 0 Å². The van der Waals surface area contributed by atoms with Gasteiger partial charge in [-0.2, -0.15) is 0 Å². The van der Waals surface area contributed by atoms with Crippen LogP contribution in [0.15, 0.2) is 30.5 Å². The van der Waals surface area contributed by atoms with E-state index in [0.29, 0.717) is 0 Å². The van der Waals surface area contributed by atoms with Gasteiger partial charge in [-0.3, -0.25) is 4.79 Å². The van der Waals surface area contributed by atoms with Crippen molar-refractivity contribution in [3.63, 3.8) is 0 Å². The van der Waals surface area contributed by atoms with E-state index in [1.807, 2.05) is 31.2 Å². The number of aliphatic hydroxyl groups excluding tert-OH is 1. The van der Waals surface area contributed by atoms with Gasteiger partial charge in [-0.15, -0.1) is 5.10 Å². The fourth-order valence-electron chi connectivity index (χ4n) is 1.60. The molecule has 1 amide bonds. The van der Waals surface area contributed by atoms with Crippen LogP contribution in [-0.4, -0.2) is 38.7 Å². The van der Waals surface area contributed by atoms with Crippen molar-refractivity contribution in [3.05, 3.63) is 41.7 Å². The van der Waals surface area contributed by atoms with Crippen molar-refractivity contribution in [2.45, 2.75) is 20.0 Å². The van der Waals surface area contributed by atoms with E-state index in [0.717, 1.165) is 11.3 Å². The molecule has 1 atom stereocenters. The van der Waals surface area contributed by atoms with E-state index in [-0.39, 0.29) is 18.1 Å². The Bertz CT molecular complexity index is 578. The minimum absolute atomic E-state index is 0.191. The largest absolute Gasteiger partial charge is 0.392 e. The first-order valence-corrected chi connectivity index (χ1v) is 6.02. The van der Waals surface area contributed by atoms with Crippen LogP contribution in [0.3, 0.4) is 0 Å². The lowest BCUT2D eigenvalue weighted by atomic mass is 10.2. The van der Waals surface area contributed by atoms with Gasteiger partial charge in [-0.1, -0.05) is 17.3 Å². The summed E-state index contributed by atoms with van der Waals surface area (Å²) in [4.78, 5) is 11.7. The molecule has 0 spiro atoms. The maximum Gasteiger partial charge on any atom is 0.273 e. The van der Waals surface area contributed by atoms with Crippen molar-refractivity contribution >= 4 is 5.91 Å². The third-order valence-electron chi connectivity index (χ3n) is 2.55. The molecule has 2 rings (SSSR count). The minimum Gasteiger partial charge on any atom is -0.392 e. The second kappa shape index (κ2) is 5.62. The zero-order valence-corrected chi connectivity index (χ0v) is 10.9. The molecule has 0 saturated heterocycles. The molecule has 100 valence electrons. The van der Waals surface area contributed by atoms with Gasteiger partial charge >= 0.3 is 0 Å².